The Labute approximate surface area is 147 Å². The second-order valence-electron chi connectivity index (χ2n) is 6.39. The van der Waals surface area contributed by atoms with Crippen molar-refractivity contribution in [2.24, 2.45) is 4.99 Å². The van der Waals surface area contributed by atoms with Crippen LogP contribution in [-0.4, -0.2) is 54.6 Å². The second-order valence-corrected chi connectivity index (χ2v) is 6.39. The van der Waals surface area contributed by atoms with Crippen molar-refractivity contribution in [3.8, 4) is 0 Å². The Morgan fingerprint density at radius 2 is 2.25 bits per heavy atom. The molecule has 1 aliphatic heterocycles. The fraction of sp³-hybridized carbons (Fsp3) is 0.684. The summed E-state index contributed by atoms with van der Waals surface area (Å²) in [6.45, 7) is 9.33. The van der Waals surface area contributed by atoms with Crippen molar-refractivity contribution in [1.29, 1.82) is 0 Å². The van der Waals surface area contributed by atoms with Crippen LogP contribution in [0.3, 0.4) is 0 Å². The van der Waals surface area contributed by atoms with Crippen LogP contribution in [-0.2, 0) is 6.42 Å². The molecule has 1 aliphatic rings. The van der Waals surface area contributed by atoms with E-state index < -0.39 is 0 Å². The van der Waals surface area contributed by atoms with Gasteiger partial charge in [0.05, 0.1) is 6.54 Å². The van der Waals surface area contributed by atoms with Gasteiger partial charge in [0.2, 0.25) is 0 Å². The molecule has 1 atom stereocenters. The van der Waals surface area contributed by atoms with Gasteiger partial charge in [-0.15, -0.1) is 0 Å². The normalized spacial score (nSPS) is 19.2. The minimum atomic E-state index is 0.759. The van der Waals surface area contributed by atoms with Gasteiger partial charge in [-0.3, -0.25) is 14.9 Å². The highest BCUT2D eigenvalue weighted by Gasteiger charge is 2.19. The highest BCUT2D eigenvalue weighted by Crippen LogP contribution is 2.18. The number of nitrogens with one attached hydrogen (secondary N) is 2. The molecule has 1 unspecified atom stereocenters. The number of aliphatic imine (C=N–C) groups is 1. The monoisotopic (exact) mass is 331 g/mol. The van der Waals surface area contributed by atoms with Crippen molar-refractivity contribution in [3.63, 3.8) is 0 Å². The van der Waals surface area contributed by atoms with Gasteiger partial charge in [0.15, 0.2) is 5.96 Å². The first-order valence-corrected chi connectivity index (χ1v) is 9.48. The summed E-state index contributed by atoms with van der Waals surface area (Å²) in [7, 11) is 0. The highest BCUT2D eigenvalue weighted by atomic mass is 15.2. The molecular weight excluding hydrogens is 298 g/mol. The fourth-order valence-corrected chi connectivity index (χ4v) is 3.32. The maximum absolute atomic E-state index is 4.74. The van der Waals surface area contributed by atoms with E-state index in [0.29, 0.717) is 0 Å². The lowest BCUT2D eigenvalue weighted by Gasteiger charge is -2.34. The summed E-state index contributed by atoms with van der Waals surface area (Å²) in [5.41, 5.74) is 1.25. The van der Waals surface area contributed by atoms with Crippen LogP contribution in [0.25, 0.3) is 0 Å². The van der Waals surface area contributed by atoms with E-state index in [2.05, 4.69) is 40.4 Å². The third kappa shape index (κ3) is 6.48. The lowest BCUT2D eigenvalue weighted by molar-refractivity contribution is 0.148. The van der Waals surface area contributed by atoms with Gasteiger partial charge in [-0.05, 0) is 50.8 Å². The van der Waals surface area contributed by atoms with Gasteiger partial charge in [-0.2, -0.15) is 0 Å². The summed E-state index contributed by atoms with van der Waals surface area (Å²) < 4.78 is 0. The molecule has 1 aromatic heterocycles. The van der Waals surface area contributed by atoms with Gasteiger partial charge in [0.25, 0.3) is 0 Å². The molecule has 0 aliphatic carbocycles. The van der Waals surface area contributed by atoms with Crippen molar-refractivity contribution in [2.45, 2.75) is 52.0 Å². The van der Waals surface area contributed by atoms with E-state index in [0.717, 1.165) is 44.6 Å². The summed E-state index contributed by atoms with van der Waals surface area (Å²) in [4.78, 5) is 11.5. The first kappa shape index (κ1) is 18.7. The number of hydrogen-bond acceptors (Lipinski definition) is 3. The number of rotatable bonds is 8. The summed E-state index contributed by atoms with van der Waals surface area (Å²) in [6.07, 6.45) is 10.0. The van der Waals surface area contributed by atoms with Crippen LogP contribution in [0, 0.1) is 0 Å². The van der Waals surface area contributed by atoms with Crippen LogP contribution in [0.4, 0.5) is 0 Å². The maximum atomic E-state index is 4.74. The molecule has 0 amide bonds. The van der Waals surface area contributed by atoms with Crippen molar-refractivity contribution >= 4 is 5.96 Å². The number of nitrogens with zero attached hydrogens (tertiary/aromatic N) is 3. The summed E-state index contributed by atoms with van der Waals surface area (Å²) in [6, 6.07) is 4.85. The molecule has 0 spiro atoms. The quantitative estimate of drug-likeness (QED) is 0.567. The first-order valence-electron chi connectivity index (χ1n) is 9.48. The first-order chi connectivity index (χ1) is 11.8. The number of likely N-dealkylation sites (tertiary alicyclic amines) is 1. The van der Waals surface area contributed by atoms with Crippen LogP contribution in [0.2, 0.25) is 0 Å². The number of piperidine rings is 1. The topological polar surface area (TPSA) is 52.6 Å². The molecule has 1 saturated heterocycles. The van der Waals surface area contributed by atoms with Crippen LogP contribution in [0.5, 0.6) is 0 Å². The zero-order valence-electron chi connectivity index (χ0n) is 15.3. The number of pyridine rings is 1. The Hall–Kier alpha value is -1.62. The lowest BCUT2D eigenvalue weighted by Crippen LogP contribution is -2.42. The van der Waals surface area contributed by atoms with Gasteiger partial charge in [0, 0.05) is 38.1 Å². The van der Waals surface area contributed by atoms with E-state index in [1.54, 1.807) is 0 Å². The second kappa shape index (κ2) is 11.0. The fourth-order valence-electron chi connectivity index (χ4n) is 3.32. The van der Waals surface area contributed by atoms with Crippen LogP contribution in [0.1, 0.15) is 45.1 Å². The molecule has 0 saturated carbocycles. The molecule has 24 heavy (non-hydrogen) atoms. The number of guanidine groups is 1. The predicted octanol–water partition coefficient (Wildman–Crippen LogP) is 2.44. The largest absolute Gasteiger partial charge is 0.357 e. The molecule has 134 valence electrons. The van der Waals surface area contributed by atoms with E-state index in [9.17, 15) is 0 Å². The molecule has 2 heterocycles. The van der Waals surface area contributed by atoms with Crippen molar-refractivity contribution in [2.75, 3.05) is 32.7 Å². The molecule has 1 fully saturated rings. The Morgan fingerprint density at radius 3 is 3.00 bits per heavy atom. The van der Waals surface area contributed by atoms with E-state index >= 15 is 0 Å². The molecule has 2 N–H and O–H groups in total. The minimum absolute atomic E-state index is 0.759. The summed E-state index contributed by atoms with van der Waals surface area (Å²) in [5.74, 6) is 0.923. The molecule has 5 heteroatoms. The van der Waals surface area contributed by atoms with Gasteiger partial charge >= 0.3 is 0 Å². The maximum Gasteiger partial charge on any atom is 0.191 e. The summed E-state index contributed by atoms with van der Waals surface area (Å²) >= 11 is 0. The molecule has 0 radical (unpaired) electrons. The Kier molecular flexibility index (Phi) is 8.60. The average molecular weight is 332 g/mol. The number of aromatic nitrogens is 1. The Bertz CT molecular complexity index is 474. The summed E-state index contributed by atoms with van der Waals surface area (Å²) in [5, 5.41) is 6.76. The smallest absolute Gasteiger partial charge is 0.191 e. The average Bonchev–Trinajstić information content (AvgIpc) is 2.63. The van der Waals surface area contributed by atoms with Crippen LogP contribution in [0.15, 0.2) is 29.5 Å². The van der Waals surface area contributed by atoms with Crippen LogP contribution < -0.4 is 10.6 Å². The van der Waals surface area contributed by atoms with Crippen molar-refractivity contribution in [3.05, 3.63) is 30.1 Å². The van der Waals surface area contributed by atoms with Crippen molar-refractivity contribution in [1.82, 2.24) is 20.5 Å². The van der Waals surface area contributed by atoms with Gasteiger partial charge < -0.3 is 10.6 Å². The minimum Gasteiger partial charge on any atom is -0.357 e. The van der Waals surface area contributed by atoms with Gasteiger partial charge in [-0.25, -0.2) is 0 Å². The lowest BCUT2D eigenvalue weighted by atomic mass is 10.0. The predicted molar refractivity (Wildman–Crippen MR) is 101 cm³/mol. The van der Waals surface area contributed by atoms with E-state index in [4.69, 9.17) is 4.99 Å². The van der Waals surface area contributed by atoms with Gasteiger partial charge in [-0.1, -0.05) is 19.4 Å². The molecule has 5 nitrogen and oxygen atoms in total. The molecule has 1 aromatic rings. The molecule has 0 bridgehead atoms. The van der Waals surface area contributed by atoms with Gasteiger partial charge in [0.1, 0.15) is 0 Å². The Balaban J connectivity index is 1.75. The van der Waals surface area contributed by atoms with E-state index in [1.807, 2.05) is 18.5 Å². The van der Waals surface area contributed by atoms with E-state index in [-0.39, 0.29) is 0 Å². The molecular formula is C19H33N5. The third-order valence-electron chi connectivity index (χ3n) is 4.65. The zero-order valence-corrected chi connectivity index (χ0v) is 15.3. The SMILES string of the molecule is CCNC(=NCCN1CCCCC1CC)NCCc1cccnc1. The van der Waals surface area contributed by atoms with E-state index in [1.165, 1.54) is 37.8 Å². The third-order valence-corrected chi connectivity index (χ3v) is 4.65. The van der Waals surface area contributed by atoms with Crippen molar-refractivity contribution < 1.29 is 0 Å². The zero-order chi connectivity index (χ0) is 17.0. The van der Waals surface area contributed by atoms with Crippen LogP contribution >= 0.6 is 0 Å². The standard InChI is InChI=1S/C19H33N5/c1-3-18-9-5-6-14-24(18)15-13-23-19(21-4-2)22-12-10-17-8-7-11-20-16-17/h7-8,11,16,18H,3-6,9-10,12-15H2,1-2H3,(H2,21,22,23). The molecule has 2 rings (SSSR count). The highest BCUT2D eigenvalue weighted by molar-refractivity contribution is 5.79. The Morgan fingerprint density at radius 1 is 1.33 bits per heavy atom. The number of hydrogen-bond donors (Lipinski definition) is 2. The molecule has 0 aromatic carbocycles.